The highest BCUT2D eigenvalue weighted by molar-refractivity contribution is 5.34. The Labute approximate surface area is 124 Å². The van der Waals surface area contributed by atoms with Gasteiger partial charge in [-0.05, 0) is 55.2 Å². The second kappa shape index (κ2) is 6.76. The average molecular weight is 271 g/mol. The van der Waals surface area contributed by atoms with Crippen LogP contribution in [0, 0.1) is 5.92 Å². The minimum Gasteiger partial charge on any atom is -0.310 e. The van der Waals surface area contributed by atoms with Crippen molar-refractivity contribution in [1.29, 1.82) is 0 Å². The summed E-state index contributed by atoms with van der Waals surface area (Å²) in [5.74, 6) is 1.78. The molecule has 2 atom stereocenters. The molecule has 0 bridgehead atoms. The van der Waals surface area contributed by atoms with Crippen molar-refractivity contribution in [2.45, 2.75) is 70.3 Å². The van der Waals surface area contributed by atoms with Crippen LogP contribution >= 0.6 is 0 Å². The van der Waals surface area contributed by atoms with Gasteiger partial charge >= 0.3 is 0 Å². The zero-order chi connectivity index (χ0) is 13.8. The first-order chi connectivity index (χ1) is 9.84. The molecule has 0 amide bonds. The Morgan fingerprint density at radius 2 is 1.75 bits per heavy atom. The number of hydrogen-bond acceptors (Lipinski definition) is 1. The van der Waals surface area contributed by atoms with Gasteiger partial charge in [0.05, 0.1) is 0 Å². The van der Waals surface area contributed by atoms with Crippen LogP contribution in [-0.4, -0.2) is 6.54 Å². The van der Waals surface area contributed by atoms with Crippen LogP contribution in [-0.2, 0) is 0 Å². The Bertz CT molecular complexity index is 420. The fourth-order valence-corrected chi connectivity index (χ4v) is 4.18. The Kier molecular flexibility index (Phi) is 4.77. The van der Waals surface area contributed by atoms with Gasteiger partial charge in [0.1, 0.15) is 0 Å². The van der Waals surface area contributed by atoms with Gasteiger partial charge in [0.15, 0.2) is 0 Å². The molecule has 3 rings (SSSR count). The molecule has 1 nitrogen and oxygen atoms in total. The van der Waals surface area contributed by atoms with Crippen molar-refractivity contribution in [2.24, 2.45) is 5.92 Å². The minimum atomic E-state index is 0.603. The molecule has 1 N–H and O–H groups in total. The van der Waals surface area contributed by atoms with Crippen LogP contribution in [0.3, 0.4) is 0 Å². The fraction of sp³-hybridized carbons (Fsp3) is 0.684. The first-order valence-electron chi connectivity index (χ1n) is 8.67. The van der Waals surface area contributed by atoms with Crippen molar-refractivity contribution in [2.75, 3.05) is 6.54 Å². The minimum absolute atomic E-state index is 0.603. The highest BCUT2D eigenvalue weighted by Crippen LogP contribution is 2.37. The first kappa shape index (κ1) is 14.1. The normalized spacial score (nSPS) is 26.6. The summed E-state index contributed by atoms with van der Waals surface area (Å²) in [6.45, 7) is 3.57. The summed E-state index contributed by atoms with van der Waals surface area (Å²) in [6.07, 6.45) is 11.4. The molecule has 0 radical (unpaired) electrons. The number of rotatable bonds is 5. The van der Waals surface area contributed by atoms with Crippen molar-refractivity contribution >= 4 is 0 Å². The molecule has 0 saturated heterocycles. The molecular formula is C19H29N. The lowest BCUT2D eigenvalue weighted by Gasteiger charge is -2.30. The summed E-state index contributed by atoms with van der Waals surface area (Å²) in [5, 5.41) is 3.82. The summed E-state index contributed by atoms with van der Waals surface area (Å²) in [7, 11) is 0. The van der Waals surface area contributed by atoms with Gasteiger partial charge in [-0.15, -0.1) is 0 Å². The highest BCUT2D eigenvalue weighted by Gasteiger charge is 2.23. The summed E-state index contributed by atoms with van der Waals surface area (Å²) in [6, 6.07) is 9.65. The van der Waals surface area contributed by atoms with E-state index in [1.54, 1.807) is 11.1 Å². The predicted molar refractivity (Wildman–Crippen MR) is 86.0 cm³/mol. The lowest BCUT2D eigenvalue weighted by Crippen LogP contribution is -2.27. The van der Waals surface area contributed by atoms with Gasteiger partial charge in [0.25, 0.3) is 0 Å². The van der Waals surface area contributed by atoms with E-state index in [0.29, 0.717) is 6.04 Å². The molecule has 0 spiro atoms. The molecule has 1 aromatic rings. The number of fused-ring (bicyclic) bond motifs is 1. The monoisotopic (exact) mass is 271 g/mol. The highest BCUT2D eigenvalue weighted by atomic mass is 14.9. The summed E-state index contributed by atoms with van der Waals surface area (Å²) >= 11 is 0. The SMILES string of the molecule is CC1CCC(NCCCC2CCCC2)c2ccccc21. The lowest BCUT2D eigenvalue weighted by atomic mass is 9.81. The Balaban J connectivity index is 1.49. The van der Waals surface area contributed by atoms with Crippen LogP contribution in [0.2, 0.25) is 0 Å². The van der Waals surface area contributed by atoms with Crippen LogP contribution < -0.4 is 5.32 Å². The maximum atomic E-state index is 3.82. The van der Waals surface area contributed by atoms with Crippen LogP contribution in [0.25, 0.3) is 0 Å². The third-order valence-electron chi connectivity index (χ3n) is 5.45. The Morgan fingerprint density at radius 3 is 2.55 bits per heavy atom. The molecule has 1 fully saturated rings. The Hall–Kier alpha value is -0.820. The van der Waals surface area contributed by atoms with Crippen LogP contribution in [0.5, 0.6) is 0 Å². The summed E-state index contributed by atoms with van der Waals surface area (Å²) in [4.78, 5) is 0. The fourth-order valence-electron chi connectivity index (χ4n) is 4.18. The van der Waals surface area contributed by atoms with Gasteiger partial charge in [-0.2, -0.15) is 0 Å². The summed E-state index contributed by atoms with van der Waals surface area (Å²) < 4.78 is 0. The molecule has 0 aliphatic heterocycles. The van der Waals surface area contributed by atoms with E-state index in [1.807, 2.05) is 0 Å². The molecule has 1 heteroatoms. The van der Waals surface area contributed by atoms with E-state index >= 15 is 0 Å². The molecule has 110 valence electrons. The number of benzene rings is 1. The van der Waals surface area contributed by atoms with Crippen molar-refractivity contribution in [1.82, 2.24) is 5.32 Å². The topological polar surface area (TPSA) is 12.0 Å². The largest absolute Gasteiger partial charge is 0.310 e. The van der Waals surface area contributed by atoms with E-state index in [2.05, 4.69) is 36.5 Å². The third kappa shape index (κ3) is 3.25. The zero-order valence-electron chi connectivity index (χ0n) is 12.9. The van der Waals surface area contributed by atoms with E-state index in [4.69, 9.17) is 0 Å². The smallest absolute Gasteiger partial charge is 0.0323 e. The van der Waals surface area contributed by atoms with Crippen molar-refractivity contribution in [3.05, 3.63) is 35.4 Å². The molecule has 0 heterocycles. The maximum absolute atomic E-state index is 3.82. The molecule has 1 saturated carbocycles. The van der Waals surface area contributed by atoms with E-state index < -0.39 is 0 Å². The van der Waals surface area contributed by atoms with E-state index in [1.165, 1.54) is 57.9 Å². The van der Waals surface area contributed by atoms with E-state index in [-0.39, 0.29) is 0 Å². The van der Waals surface area contributed by atoms with Crippen LogP contribution in [0.1, 0.15) is 81.4 Å². The van der Waals surface area contributed by atoms with Gasteiger partial charge in [-0.25, -0.2) is 0 Å². The lowest BCUT2D eigenvalue weighted by molar-refractivity contribution is 0.408. The number of nitrogens with one attached hydrogen (secondary N) is 1. The van der Waals surface area contributed by atoms with Gasteiger partial charge in [-0.1, -0.05) is 56.9 Å². The van der Waals surface area contributed by atoms with Crippen LogP contribution in [0.4, 0.5) is 0 Å². The third-order valence-corrected chi connectivity index (χ3v) is 5.45. The van der Waals surface area contributed by atoms with Gasteiger partial charge < -0.3 is 5.32 Å². The van der Waals surface area contributed by atoms with Crippen molar-refractivity contribution in [3.63, 3.8) is 0 Å². The second-order valence-electron chi connectivity index (χ2n) is 6.91. The molecule has 2 unspecified atom stereocenters. The molecule has 20 heavy (non-hydrogen) atoms. The molecule has 2 aliphatic rings. The maximum Gasteiger partial charge on any atom is 0.0323 e. The average Bonchev–Trinajstić information content (AvgIpc) is 2.99. The second-order valence-corrected chi connectivity index (χ2v) is 6.91. The molecule has 2 aliphatic carbocycles. The van der Waals surface area contributed by atoms with E-state index in [0.717, 1.165) is 11.8 Å². The summed E-state index contributed by atoms with van der Waals surface area (Å²) in [5.41, 5.74) is 3.14. The van der Waals surface area contributed by atoms with Gasteiger partial charge in [0, 0.05) is 6.04 Å². The van der Waals surface area contributed by atoms with Crippen molar-refractivity contribution in [3.8, 4) is 0 Å². The standard InChI is InChI=1S/C19H29N/c1-15-12-13-19(18-11-5-4-10-17(15)18)20-14-6-9-16-7-2-3-8-16/h4-5,10-11,15-16,19-20H,2-3,6-9,12-14H2,1H3. The molecule has 0 aromatic heterocycles. The molecular weight excluding hydrogens is 242 g/mol. The number of hydrogen-bond donors (Lipinski definition) is 1. The Morgan fingerprint density at radius 1 is 1.00 bits per heavy atom. The quantitative estimate of drug-likeness (QED) is 0.727. The van der Waals surface area contributed by atoms with Gasteiger partial charge in [-0.3, -0.25) is 0 Å². The van der Waals surface area contributed by atoms with Crippen LogP contribution in [0.15, 0.2) is 24.3 Å². The first-order valence-corrected chi connectivity index (χ1v) is 8.67. The molecule has 1 aromatic carbocycles. The zero-order valence-corrected chi connectivity index (χ0v) is 12.9. The predicted octanol–water partition coefficient (Wildman–Crippen LogP) is 5.19. The van der Waals surface area contributed by atoms with Gasteiger partial charge in [0.2, 0.25) is 0 Å². The van der Waals surface area contributed by atoms with Crippen molar-refractivity contribution < 1.29 is 0 Å². The van der Waals surface area contributed by atoms with E-state index in [9.17, 15) is 0 Å².